The number of non-ortho nitro benzene ring substituents is 1. The van der Waals surface area contributed by atoms with E-state index in [9.17, 15) is 14.9 Å². The highest BCUT2D eigenvalue weighted by molar-refractivity contribution is 7.98. The molecule has 1 heterocycles. The Morgan fingerprint density at radius 1 is 1.29 bits per heavy atom. The first kappa shape index (κ1) is 16.0. The van der Waals surface area contributed by atoms with Gasteiger partial charge >= 0.3 is 0 Å². The van der Waals surface area contributed by atoms with Crippen molar-refractivity contribution in [3.63, 3.8) is 0 Å². The van der Waals surface area contributed by atoms with Crippen molar-refractivity contribution in [1.82, 2.24) is 9.55 Å². The number of nitrogens with zero attached hydrogens (tertiary/aromatic N) is 3. The molecule has 122 valence electrons. The van der Waals surface area contributed by atoms with Crippen molar-refractivity contribution in [1.29, 1.82) is 0 Å². The highest BCUT2D eigenvalue weighted by atomic mass is 32.2. The second-order valence-electron chi connectivity index (χ2n) is 5.03. The smallest absolute Gasteiger partial charge is 0.271 e. The Bertz CT molecular complexity index is 923. The standard InChI is InChI=1S/C16H14N4O3S/c1-24-16-18-13-7-2-3-8-14(13)19(16)10-15(21)17-11-5-4-6-12(9-11)20(22)23/h2-9H,10H2,1H3,(H,17,21). The summed E-state index contributed by atoms with van der Waals surface area (Å²) in [5.41, 5.74) is 2.02. The van der Waals surface area contributed by atoms with Crippen LogP contribution in [0, 0.1) is 10.1 Å². The number of para-hydroxylation sites is 2. The number of nitrogens with one attached hydrogen (secondary N) is 1. The number of rotatable bonds is 5. The molecule has 7 nitrogen and oxygen atoms in total. The van der Waals surface area contributed by atoms with Gasteiger partial charge in [0.05, 0.1) is 16.0 Å². The van der Waals surface area contributed by atoms with Crippen LogP contribution in [0.3, 0.4) is 0 Å². The van der Waals surface area contributed by atoms with Crippen molar-refractivity contribution in [2.75, 3.05) is 11.6 Å². The maximum absolute atomic E-state index is 12.3. The summed E-state index contributed by atoms with van der Waals surface area (Å²) in [6, 6.07) is 13.5. The van der Waals surface area contributed by atoms with Gasteiger partial charge in [-0.25, -0.2) is 4.98 Å². The van der Waals surface area contributed by atoms with Gasteiger partial charge in [-0.1, -0.05) is 30.0 Å². The Hall–Kier alpha value is -2.87. The molecule has 2 aromatic carbocycles. The molecule has 0 aliphatic rings. The number of carbonyl (C=O) groups is 1. The number of nitro benzene ring substituents is 1. The highest BCUT2D eigenvalue weighted by Gasteiger charge is 2.14. The van der Waals surface area contributed by atoms with Crippen molar-refractivity contribution in [2.24, 2.45) is 0 Å². The minimum absolute atomic E-state index is 0.0642. The lowest BCUT2D eigenvalue weighted by Gasteiger charge is -2.09. The molecule has 1 aromatic heterocycles. The third-order valence-corrected chi connectivity index (χ3v) is 4.12. The molecule has 0 atom stereocenters. The molecule has 0 aliphatic carbocycles. The third-order valence-electron chi connectivity index (χ3n) is 3.44. The van der Waals surface area contributed by atoms with Gasteiger partial charge in [-0.3, -0.25) is 14.9 Å². The molecule has 0 fully saturated rings. The normalized spacial score (nSPS) is 10.7. The van der Waals surface area contributed by atoms with E-state index in [1.807, 2.05) is 35.1 Å². The molecule has 0 bridgehead atoms. The molecule has 1 amide bonds. The summed E-state index contributed by atoms with van der Waals surface area (Å²) in [4.78, 5) is 27.1. The highest BCUT2D eigenvalue weighted by Crippen LogP contribution is 2.22. The van der Waals surface area contributed by atoms with E-state index in [1.54, 1.807) is 6.07 Å². The summed E-state index contributed by atoms with van der Waals surface area (Å²) in [5.74, 6) is -0.269. The van der Waals surface area contributed by atoms with Crippen LogP contribution in [-0.4, -0.2) is 26.6 Å². The molecule has 0 saturated heterocycles. The van der Waals surface area contributed by atoms with Crippen LogP contribution in [0.1, 0.15) is 0 Å². The Morgan fingerprint density at radius 2 is 2.08 bits per heavy atom. The maximum atomic E-state index is 12.3. The molecule has 0 spiro atoms. The number of hydrogen-bond donors (Lipinski definition) is 1. The number of hydrogen-bond acceptors (Lipinski definition) is 5. The number of imidazole rings is 1. The Morgan fingerprint density at radius 3 is 2.83 bits per heavy atom. The predicted molar refractivity (Wildman–Crippen MR) is 93.2 cm³/mol. The quantitative estimate of drug-likeness (QED) is 0.436. The lowest BCUT2D eigenvalue weighted by atomic mass is 10.3. The van der Waals surface area contributed by atoms with Gasteiger partial charge in [0.15, 0.2) is 5.16 Å². The van der Waals surface area contributed by atoms with Gasteiger partial charge in [0.2, 0.25) is 5.91 Å². The average molecular weight is 342 g/mol. The van der Waals surface area contributed by atoms with E-state index in [1.165, 1.54) is 30.0 Å². The van der Waals surface area contributed by atoms with Crippen molar-refractivity contribution < 1.29 is 9.72 Å². The van der Waals surface area contributed by atoms with Crippen LogP contribution in [0.5, 0.6) is 0 Å². The van der Waals surface area contributed by atoms with Crippen LogP contribution in [-0.2, 0) is 11.3 Å². The Kier molecular flexibility index (Phi) is 4.48. The van der Waals surface area contributed by atoms with Crippen molar-refractivity contribution in [3.05, 3.63) is 58.6 Å². The molecule has 24 heavy (non-hydrogen) atoms. The van der Waals surface area contributed by atoms with Gasteiger partial charge in [0.25, 0.3) is 5.69 Å². The second-order valence-corrected chi connectivity index (χ2v) is 5.80. The summed E-state index contributed by atoms with van der Waals surface area (Å²) in [7, 11) is 0. The van der Waals surface area contributed by atoms with Crippen LogP contribution in [0.25, 0.3) is 11.0 Å². The van der Waals surface area contributed by atoms with Crippen LogP contribution < -0.4 is 5.32 Å². The number of benzene rings is 2. The number of anilines is 1. The minimum atomic E-state index is -0.495. The lowest BCUT2D eigenvalue weighted by molar-refractivity contribution is -0.384. The third kappa shape index (κ3) is 3.23. The Balaban J connectivity index is 1.83. The molecular weight excluding hydrogens is 328 g/mol. The molecule has 0 unspecified atom stereocenters. The predicted octanol–water partition coefficient (Wildman–Crippen LogP) is 3.31. The SMILES string of the molecule is CSc1nc2ccccc2n1CC(=O)Nc1cccc([N+](=O)[O-])c1. The van der Waals surface area contributed by atoms with Crippen LogP contribution >= 0.6 is 11.8 Å². The summed E-state index contributed by atoms with van der Waals surface area (Å²) in [6.07, 6.45) is 1.90. The van der Waals surface area contributed by atoms with Gasteiger partial charge in [-0.15, -0.1) is 0 Å². The molecule has 1 N–H and O–H groups in total. The van der Waals surface area contributed by atoms with Crippen molar-refractivity contribution in [3.8, 4) is 0 Å². The van der Waals surface area contributed by atoms with E-state index < -0.39 is 4.92 Å². The van der Waals surface area contributed by atoms with Gasteiger partial charge in [0.1, 0.15) is 6.54 Å². The number of aromatic nitrogens is 2. The van der Waals surface area contributed by atoms with E-state index in [-0.39, 0.29) is 18.1 Å². The summed E-state index contributed by atoms with van der Waals surface area (Å²) < 4.78 is 1.83. The molecule has 3 rings (SSSR count). The molecule has 3 aromatic rings. The number of fused-ring (bicyclic) bond motifs is 1. The number of amides is 1. The average Bonchev–Trinajstić information content (AvgIpc) is 2.93. The zero-order chi connectivity index (χ0) is 17.1. The van der Waals surface area contributed by atoms with Gasteiger partial charge in [0, 0.05) is 17.8 Å². The number of nitro groups is 1. The van der Waals surface area contributed by atoms with Crippen LogP contribution in [0.15, 0.2) is 53.7 Å². The van der Waals surface area contributed by atoms with E-state index in [2.05, 4.69) is 10.3 Å². The largest absolute Gasteiger partial charge is 0.324 e. The second kappa shape index (κ2) is 6.71. The maximum Gasteiger partial charge on any atom is 0.271 e. The molecular formula is C16H14N4O3S. The zero-order valence-electron chi connectivity index (χ0n) is 12.8. The first-order valence-electron chi connectivity index (χ1n) is 7.12. The molecule has 8 heteroatoms. The van der Waals surface area contributed by atoms with Crippen LogP contribution in [0.2, 0.25) is 0 Å². The van der Waals surface area contributed by atoms with E-state index in [0.717, 1.165) is 16.2 Å². The fourth-order valence-electron chi connectivity index (χ4n) is 2.40. The fourth-order valence-corrected chi connectivity index (χ4v) is 2.98. The molecule has 0 saturated carbocycles. The summed E-state index contributed by atoms with van der Waals surface area (Å²) in [5, 5.41) is 14.2. The lowest BCUT2D eigenvalue weighted by Crippen LogP contribution is -2.19. The minimum Gasteiger partial charge on any atom is -0.324 e. The number of thioether (sulfide) groups is 1. The van der Waals surface area contributed by atoms with Crippen LogP contribution in [0.4, 0.5) is 11.4 Å². The van der Waals surface area contributed by atoms with Gasteiger partial charge in [-0.05, 0) is 24.5 Å². The molecule has 0 radical (unpaired) electrons. The van der Waals surface area contributed by atoms with Crippen molar-refractivity contribution in [2.45, 2.75) is 11.7 Å². The van der Waals surface area contributed by atoms with Gasteiger partial charge < -0.3 is 9.88 Å². The van der Waals surface area contributed by atoms with E-state index in [0.29, 0.717) is 5.69 Å². The first-order chi connectivity index (χ1) is 11.6. The zero-order valence-corrected chi connectivity index (χ0v) is 13.6. The summed E-state index contributed by atoms with van der Waals surface area (Å²) >= 11 is 1.46. The fraction of sp³-hybridized carbons (Fsp3) is 0.125. The first-order valence-corrected chi connectivity index (χ1v) is 8.34. The molecule has 0 aliphatic heterocycles. The van der Waals surface area contributed by atoms with E-state index >= 15 is 0 Å². The Labute approximate surface area is 141 Å². The topological polar surface area (TPSA) is 90.1 Å². The summed E-state index contributed by atoms with van der Waals surface area (Å²) in [6.45, 7) is 0.0827. The number of carbonyl (C=O) groups excluding carboxylic acids is 1. The van der Waals surface area contributed by atoms with Crippen molar-refractivity contribution >= 4 is 40.1 Å². The van der Waals surface area contributed by atoms with Gasteiger partial charge in [-0.2, -0.15) is 0 Å². The monoisotopic (exact) mass is 342 g/mol. The van der Waals surface area contributed by atoms with E-state index in [4.69, 9.17) is 0 Å².